The van der Waals surface area contributed by atoms with Gasteiger partial charge in [-0.2, -0.15) is 0 Å². The van der Waals surface area contributed by atoms with E-state index in [1.807, 2.05) is 24.1 Å². The molecule has 0 aliphatic heterocycles. The zero-order chi connectivity index (χ0) is 17.6. The summed E-state index contributed by atoms with van der Waals surface area (Å²) in [6.45, 7) is 0.599. The van der Waals surface area contributed by atoms with Gasteiger partial charge in [0.1, 0.15) is 0 Å². The van der Waals surface area contributed by atoms with Gasteiger partial charge in [-0.3, -0.25) is 4.79 Å². The first-order valence-electron chi connectivity index (χ1n) is 9.42. The third kappa shape index (κ3) is 2.96. The maximum absolute atomic E-state index is 13.3. The van der Waals surface area contributed by atoms with Crippen molar-refractivity contribution in [3.05, 3.63) is 35.4 Å². The van der Waals surface area contributed by atoms with Crippen molar-refractivity contribution in [2.24, 2.45) is 23.2 Å². The van der Waals surface area contributed by atoms with Crippen molar-refractivity contribution in [3.63, 3.8) is 0 Å². The van der Waals surface area contributed by atoms with Gasteiger partial charge in [0, 0.05) is 13.6 Å². The maximum atomic E-state index is 13.3. The van der Waals surface area contributed by atoms with Crippen LogP contribution in [0.4, 0.5) is 0 Å². The molecule has 1 aromatic rings. The van der Waals surface area contributed by atoms with Crippen LogP contribution in [0.2, 0.25) is 0 Å². The van der Waals surface area contributed by atoms with Gasteiger partial charge in [0.15, 0.2) is 0 Å². The summed E-state index contributed by atoms with van der Waals surface area (Å²) in [7, 11) is 3.31. The predicted molar refractivity (Wildman–Crippen MR) is 94.9 cm³/mol. The van der Waals surface area contributed by atoms with Crippen LogP contribution in [0, 0.1) is 23.2 Å². The normalized spacial score (nSPS) is 32.5. The summed E-state index contributed by atoms with van der Waals surface area (Å²) in [5.74, 6) is 2.35. The Morgan fingerprint density at radius 1 is 1.04 bits per heavy atom. The van der Waals surface area contributed by atoms with Crippen molar-refractivity contribution in [1.29, 1.82) is 0 Å². The first-order chi connectivity index (χ1) is 12.0. The molecule has 4 aliphatic carbocycles. The van der Waals surface area contributed by atoms with Gasteiger partial charge in [-0.1, -0.05) is 12.1 Å². The van der Waals surface area contributed by atoms with E-state index in [2.05, 4.69) is 0 Å². The van der Waals surface area contributed by atoms with E-state index in [-0.39, 0.29) is 11.4 Å². The molecule has 4 nitrogen and oxygen atoms in total. The smallest absolute Gasteiger partial charge is 0.337 e. The average molecular weight is 341 g/mol. The van der Waals surface area contributed by atoms with Crippen LogP contribution in [0.15, 0.2) is 24.3 Å². The van der Waals surface area contributed by atoms with E-state index >= 15 is 0 Å². The molecule has 0 unspecified atom stereocenters. The second kappa shape index (κ2) is 6.15. The summed E-state index contributed by atoms with van der Waals surface area (Å²) in [6, 6.07) is 7.36. The Morgan fingerprint density at radius 3 is 2.04 bits per heavy atom. The Labute approximate surface area is 149 Å². The Morgan fingerprint density at radius 2 is 1.56 bits per heavy atom. The second-order valence-electron chi connectivity index (χ2n) is 8.55. The highest BCUT2D eigenvalue weighted by Gasteiger charge is 2.55. The molecule has 0 N–H and O–H groups in total. The second-order valence-corrected chi connectivity index (χ2v) is 8.55. The quantitative estimate of drug-likeness (QED) is 0.786. The average Bonchev–Trinajstić information content (AvgIpc) is 2.60. The summed E-state index contributed by atoms with van der Waals surface area (Å²) in [5.41, 5.74) is 1.50. The molecule has 4 bridgehead atoms. The molecule has 4 fully saturated rings. The van der Waals surface area contributed by atoms with E-state index < -0.39 is 0 Å². The minimum atomic E-state index is -0.329. The van der Waals surface area contributed by atoms with Gasteiger partial charge in [0.2, 0.25) is 5.91 Å². The van der Waals surface area contributed by atoms with Gasteiger partial charge in [0.05, 0.1) is 18.1 Å². The number of carbonyl (C=O) groups excluding carboxylic acids is 2. The SMILES string of the molecule is COC(=O)c1ccc(CN(C)C(=O)C23CC4CC(CC(C4)C2)C3)cc1. The number of ether oxygens (including phenoxy) is 1. The van der Waals surface area contributed by atoms with E-state index in [4.69, 9.17) is 4.74 Å². The zero-order valence-corrected chi connectivity index (χ0v) is 15.2. The molecule has 4 heteroatoms. The topological polar surface area (TPSA) is 46.6 Å². The highest BCUT2D eigenvalue weighted by molar-refractivity contribution is 5.89. The summed E-state index contributed by atoms with van der Waals surface area (Å²) in [5, 5.41) is 0. The van der Waals surface area contributed by atoms with Crippen molar-refractivity contribution < 1.29 is 14.3 Å². The van der Waals surface area contributed by atoms with Crippen LogP contribution in [-0.2, 0) is 16.1 Å². The van der Waals surface area contributed by atoms with E-state index in [1.165, 1.54) is 26.4 Å². The van der Waals surface area contributed by atoms with Crippen LogP contribution in [0.3, 0.4) is 0 Å². The van der Waals surface area contributed by atoms with Gasteiger partial charge in [-0.15, -0.1) is 0 Å². The lowest BCUT2D eigenvalue weighted by Crippen LogP contribution is -2.53. The highest BCUT2D eigenvalue weighted by Crippen LogP contribution is 2.60. The van der Waals surface area contributed by atoms with Crippen LogP contribution in [-0.4, -0.2) is 30.9 Å². The maximum Gasteiger partial charge on any atom is 0.337 e. The predicted octanol–water partition coefficient (Wildman–Crippen LogP) is 3.65. The van der Waals surface area contributed by atoms with Crippen LogP contribution in [0.1, 0.15) is 54.4 Å². The first-order valence-corrected chi connectivity index (χ1v) is 9.42. The molecular formula is C21H27NO3. The lowest BCUT2D eigenvalue weighted by atomic mass is 9.49. The van der Waals surface area contributed by atoms with Gasteiger partial charge in [-0.25, -0.2) is 4.79 Å². The minimum absolute atomic E-state index is 0.0878. The fraction of sp³-hybridized carbons (Fsp3) is 0.619. The summed E-state index contributed by atoms with van der Waals surface area (Å²) >= 11 is 0. The molecule has 0 atom stereocenters. The molecule has 134 valence electrons. The van der Waals surface area contributed by atoms with E-state index in [1.54, 1.807) is 12.1 Å². The summed E-state index contributed by atoms with van der Waals surface area (Å²) in [6.07, 6.45) is 7.36. The number of rotatable bonds is 4. The largest absolute Gasteiger partial charge is 0.465 e. The molecule has 25 heavy (non-hydrogen) atoms. The van der Waals surface area contributed by atoms with Crippen molar-refractivity contribution in [2.75, 3.05) is 14.2 Å². The lowest BCUT2D eigenvalue weighted by Gasteiger charge is -2.56. The third-order valence-corrected chi connectivity index (χ3v) is 6.63. The highest BCUT2D eigenvalue weighted by atomic mass is 16.5. The molecule has 0 spiro atoms. The minimum Gasteiger partial charge on any atom is -0.465 e. The molecule has 5 rings (SSSR count). The van der Waals surface area contributed by atoms with Gasteiger partial charge in [-0.05, 0) is 74.0 Å². The molecule has 0 radical (unpaired) electrons. The molecule has 1 amide bonds. The van der Waals surface area contributed by atoms with Gasteiger partial charge in [0.25, 0.3) is 0 Å². The van der Waals surface area contributed by atoms with E-state index in [0.29, 0.717) is 18.0 Å². The zero-order valence-electron chi connectivity index (χ0n) is 15.2. The molecular weight excluding hydrogens is 314 g/mol. The number of esters is 1. The van der Waals surface area contributed by atoms with Crippen molar-refractivity contribution in [3.8, 4) is 0 Å². The monoisotopic (exact) mass is 341 g/mol. The van der Waals surface area contributed by atoms with Crippen LogP contribution >= 0.6 is 0 Å². The number of hydrogen-bond donors (Lipinski definition) is 0. The van der Waals surface area contributed by atoms with Crippen LogP contribution in [0.25, 0.3) is 0 Å². The fourth-order valence-corrected chi connectivity index (χ4v) is 5.99. The third-order valence-electron chi connectivity index (χ3n) is 6.63. The van der Waals surface area contributed by atoms with Gasteiger partial charge < -0.3 is 9.64 Å². The fourth-order valence-electron chi connectivity index (χ4n) is 5.99. The lowest BCUT2D eigenvalue weighted by molar-refractivity contribution is -0.156. The van der Waals surface area contributed by atoms with E-state index in [9.17, 15) is 9.59 Å². The van der Waals surface area contributed by atoms with Crippen molar-refractivity contribution >= 4 is 11.9 Å². The Kier molecular flexibility index (Phi) is 4.09. The molecule has 0 saturated heterocycles. The van der Waals surface area contributed by atoms with Crippen LogP contribution in [0.5, 0.6) is 0 Å². The molecule has 0 aromatic heterocycles. The van der Waals surface area contributed by atoms with E-state index in [0.717, 1.165) is 42.6 Å². The number of amides is 1. The first kappa shape index (κ1) is 16.6. The molecule has 0 heterocycles. The Hall–Kier alpha value is -1.84. The summed E-state index contributed by atoms with van der Waals surface area (Å²) in [4.78, 5) is 26.7. The number of nitrogens with zero attached hydrogens (tertiary/aromatic N) is 1. The number of carbonyl (C=O) groups is 2. The Balaban J connectivity index is 1.45. The van der Waals surface area contributed by atoms with Crippen molar-refractivity contribution in [2.45, 2.75) is 45.1 Å². The number of hydrogen-bond acceptors (Lipinski definition) is 3. The molecule has 4 aliphatic rings. The summed E-state index contributed by atoms with van der Waals surface area (Å²) < 4.78 is 4.73. The molecule has 4 saturated carbocycles. The molecule has 1 aromatic carbocycles. The van der Waals surface area contributed by atoms with Gasteiger partial charge >= 0.3 is 5.97 Å². The van der Waals surface area contributed by atoms with Crippen LogP contribution < -0.4 is 0 Å². The van der Waals surface area contributed by atoms with Crippen molar-refractivity contribution in [1.82, 2.24) is 4.90 Å². The standard InChI is InChI=1S/C21H27NO3/c1-22(13-14-3-5-18(6-4-14)19(23)25-2)20(24)21-10-15-7-16(11-21)9-17(8-15)12-21/h3-6,15-17H,7-13H2,1-2H3. The number of benzene rings is 1. The Bertz CT molecular complexity index is 644. The number of methoxy groups -OCH3 is 1.